The van der Waals surface area contributed by atoms with Gasteiger partial charge in [-0.2, -0.15) is 0 Å². The molecule has 1 amide bonds. The summed E-state index contributed by atoms with van der Waals surface area (Å²) in [6.07, 6.45) is 6.24. The molecule has 3 fully saturated rings. The molecule has 1 spiro atoms. The third-order valence-corrected chi connectivity index (χ3v) is 13.5. The molecule has 2 heterocycles. The second-order valence-electron chi connectivity index (χ2n) is 16.6. The molecule has 11 nitrogen and oxygen atoms in total. The molecule has 0 bridgehead atoms. The van der Waals surface area contributed by atoms with Gasteiger partial charge in [-0.25, -0.2) is 9.59 Å². The maximum atomic E-state index is 14.1. The number of ketones is 1. The van der Waals surface area contributed by atoms with Gasteiger partial charge in [0.2, 0.25) is 5.91 Å². The third-order valence-electron chi connectivity index (χ3n) is 13.5. The Labute approximate surface area is 300 Å². The number of hydrogen-bond acceptors (Lipinski definition) is 10. The Morgan fingerprint density at radius 2 is 1.67 bits per heavy atom. The van der Waals surface area contributed by atoms with Crippen LogP contribution >= 0.6 is 0 Å². The Kier molecular flexibility index (Phi) is 9.14. The Morgan fingerprint density at radius 3 is 2.27 bits per heavy atom. The summed E-state index contributed by atoms with van der Waals surface area (Å²) in [5.74, 6) is -3.31. The molecule has 0 radical (unpaired) electrons. The monoisotopic (exact) mass is 707 g/mol. The van der Waals surface area contributed by atoms with E-state index in [4.69, 9.17) is 18.9 Å². The third kappa shape index (κ3) is 5.31. The summed E-state index contributed by atoms with van der Waals surface area (Å²) in [6, 6.07) is -0.114. The van der Waals surface area contributed by atoms with E-state index >= 15 is 0 Å². The molecule has 1 N–H and O–H groups in total. The normalized spacial score (nSPS) is 40.2. The second kappa shape index (κ2) is 12.5. The molecule has 51 heavy (non-hydrogen) atoms. The smallest absolute Gasteiger partial charge is 0.333 e. The van der Waals surface area contributed by atoms with Gasteiger partial charge < -0.3 is 29.0 Å². The van der Waals surface area contributed by atoms with E-state index in [-0.39, 0.29) is 35.7 Å². The molecule has 2 saturated carbocycles. The highest BCUT2D eigenvalue weighted by Crippen LogP contribution is 2.74. The lowest BCUT2D eigenvalue weighted by atomic mass is 9.42. The van der Waals surface area contributed by atoms with Gasteiger partial charge in [-0.15, -0.1) is 0 Å². The standard InChI is InChI=1S/C40H53NO10/c1-20(2)41(21(3)4)34(44)13-14-35(45)50-31-12-11-30(43)38(10)26-15-16-37(9)27(24(7)29-17-22(5)23(6)36(46)49-29)18-32(48-25(8)42)39(37,47)28(26)19-33-40(31,38)51-33/h11-14,18,20-21,24,26,28-29,31-33,47H,15-17,19H2,1-10H3. The number of esters is 3. The largest absolute Gasteiger partial charge is 0.458 e. The van der Waals surface area contributed by atoms with Gasteiger partial charge in [-0.1, -0.05) is 25.0 Å². The van der Waals surface area contributed by atoms with Gasteiger partial charge in [-0.05, 0) is 97.8 Å². The summed E-state index contributed by atoms with van der Waals surface area (Å²) in [4.78, 5) is 67.0. The Bertz CT molecular complexity index is 1660. The van der Waals surface area contributed by atoms with Gasteiger partial charge in [0.05, 0.1) is 11.5 Å². The minimum Gasteiger partial charge on any atom is -0.458 e. The maximum absolute atomic E-state index is 14.1. The van der Waals surface area contributed by atoms with E-state index in [1.807, 2.05) is 61.5 Å². The van der Waals surface area contributed by atoms with E-state index in [2.05, 4.69) is 0 Å². The highest BCUT2D eigenvalue weighted by Gasteiger charge is 2.83. The van der Waals surface area contributed by atoms with Crippen LogP contribution in [0.15, 0.2) is 47.1 Å². The predicted molar refractivity (Wildman–Crippen MR) is 186 cm³/mol. The van der Waals surface area contributed by atoms with Gasteiger partial charge in [0.1, 0.15) is 23.4 Å². The quantitative estimate of drug-likeness (QED) is 0.124. The van der Waals surface area contributed by atoms with Crippen LogP contribution in [0.4, 0.5) is 0 Å². The first-order valence-corrected chi connectivity index (χ1v) is 18.4. The van der Waals surface area contributed by atoms with E-state index < -0.39 is 70.2 Å². The van der Waals surface area contributed by atoms with Gasteiger partial charge in [0, 0.05) is 54.5 Å². The molecule has 0 aromatic rings. The number of epoxide rings is 1. The predicted octanol–water partition coefficient (Wildman–Crippen LogP) is 4.71. The van der Waals surface area contributed by atoms with Crippen molar-refractivity contribution in [2.75, 3.05) is 0 Å². The first-order valence-electron chi connectivity index (χ1n) is 18.4. The lowest BCUT2D eigenvalue weighted by Gasteiger charge is -2.61. The van der Waals surface area contributed by atoms with Gasteiger partial charge in [-0.3, -0.25) is 14.4 Å². The zero-order valence-corrected chi connectivity index (χ0v) is 31.5. The van der Waals surface area contributed by atoms with Crippen molar-refractivity contribution in [1.82, 2.24) is 4.90 Å². The number of nitrogens with zero attached hydrogens (tertiary/aromatic N) is 1. The number of rotatable bonds is 8. The average molecular weight is 708 g/mol. The van der Waals surface area contributed by atoms with Crippen molar-refractivity contribution in [3.05, 3.63) is 47.1 Å². The zero-order chi connectivity index (χ0) is 37.6. The summed E-state index contributed by atoms with van der Waals surface area (Å²) in [7, 11) is 0. The summed E-state index contributed by atoms with van der Waals surface area (Å²) in [6.45, 7) is 18.4. The van der Waals surface area contributed by atoms with Crippen molar-refractivity contribution in [3.8, 4) is 0 Å². The fourth-order valence-corrected chi connectivity index (χ4v) is 10.7. The highest BCUT2D eigenvalue weighted by atomic mass is 16.7. The summed E-state index contributed by atoms with van der Waals surface area (Å²) in [5.41, 5.74) is -2.35. The summed E-state index contributed by atoms with van der Waals surface area (Å²) >= 11 is 0. The zero-order valence-electron chi connectivity index (χ0n) is 31.5. The minimum atomic E-state index is -1.60. The fourth-order valence-electron chi connectivity index (χ4n) is 10.7. The molecule has 1 saturated heterocycles. The van der Waals surface area contributed by atoms with Crippen molar-refractivity contribution < 1.29 is 48.0 Å². The van der Waals surface area contributed by atoms with Crippen molar-refractivity contribution in [2.24, 2.45) is 28.6 Å². The highest BCUT2D eigenvalue weighted by molar-refractivity contribution is 5.99. The van der Waals surface area contributed by atoms with Crippen LogP contribution in [0.1, 0.15) is 94.9 Å². The number of carbonyl (C=O) groups is 5. The molecule has 11 heteroatoms. The SMILES string of the molecule is CC(=O)OC1C=C(C(C)C2CC(C)=C(C)C(=O)O2)C2(C)CCC3C(CC4OC45C(OC(=O)C=CC(=O)N(C(C)C)C(C)C)C=CC(=O)C35C)C12O. The van der Waals surface area contributed by atoms with E-state index in [9.17, 15) is 29.1 Å². The van der Waals surface area contributed by atoms with E-state index in [0.717, 1.165) is 17.2 Å². The van der Waals surface area contributed by atoms with Crippen molar-refractivity contribution in [1.29, 1.82) is 0 Å². The van der Waals surface area contributed by atoms with Crippen LogP contribution in [0.3, 0.4) is 0 Å². The number of allylic oxidation sites excluding steroid dienone is 1. The minimum absolute atomic E-state index is 0.0572. The fraction of sp³-hybridized carbons (Fsp3) is 0.675. The Balaban J connectivity index is 1.30. The number of amides is 1. The lowest BCUT2D eigenvalue weighted by Crippen LogP contribution is -2.70. The van der Waals surface area contributed by atoms with E-state index in [1.165, 1.54) is 19.1 Å². The van der Waals surface area contributed by atoms with Crippen molar-refractivity contribution in [3.63, 3.8) is 0 Å². The van der Waals surface area contributed by atoms with Crippen LogP contribution in [0, 0.1) is 28.6 Å². The van der Waals surface area contributed by atoms with Crippen LogP contribution in [0.5, 0.6) is 0 Å². The van der Waals surface area contributed by atoms with Crippen LogP contribution in [-0.2, 0) is 42.9 Å². The van der Waals surface area contributed by atoms with Crippen LogP contribution in [0.2, 0.25) is 0 Å². The number of hydrogen-bond donors (Lipinski definition) is 1. The topological polar surface area (TPSA) is 149 Å². The van der Waals surface area contributed by atoms with Crippen LogP contribution in [0.25, 0.3) is 0 Å². The number of aliphatic hydroxyl groups is 1. The molecule has 11 atom stereocenters. The number of cyclic esters (lactones) is 1. The summed E-state index contributed by atoms with van der Waals surface area (Å²) < 4.78 is 24.2. The van der Waals surface area contributed by atoms with Crippen LogP contribution in [-0.4, -0.2) is 87.3 Å². The molecule has 2 aliphatic heterocycles. The maximum Gasteiger partial charge on any atom is 0.333 e. The molecule has 6 rings (SSSR count). The Hall–Kier alpha value is -3.57. The molecule has 0 aromatic heterocycles. The molecule has 11 unspecified atom stereocenters. The van der Waals surface area contributed by atoms with Gasteiger partial charge in [0.15, 0.2) is 11.9 Å². The molecule has 0 aromatic carbocycles. The van der Waals surface area contributed by atoms with E-state index in [1.54, 1.807) is 17.9 Å². The molecular formula is C40H53NO10. The molecule has 6 aliphatic rings. The summed E-state index contributed by atoms with van der Waals surface area (Å²) in [5, 5.41) is 13.2. The molecular weight excluding hydrogens is 654 g/mol. The Morgan fingerprint density at radius 1 is 1.00 bits per heavy atom. The number of ether oxygens (including phenoxy) is 4. The second-order valence-corrected chi connectivity index (χ2v) is 16.6. The first-order chi connectivity index (χ1) is 23.7. The molecule has 4 aliphatic carbocycles. The van der Waals surface area contributed by atoms with Crippen molar-refractivity contribution >= 4 is 29.6 Å². The number of carbonyl (C=O) groups excluding carboxylic acids is 5. The lowest BCUT2D eigenvalue weighted by molar-refractivity contribution is -0.225. The molecule has 278 valence electrons. The van der Waals surface area contributed by atoms with E-state index in [0.29, 0.717) is 31.3 Å². The first kappa shape index (κ1) is 37.2. The van der Waals surface area contributed by atoms with Crippen LogP contribution < -0.4 is 0 Å². The van der Waals surface area contributed by atoms with Crippen molar-refractivity contribution in [2.45, 2.75) is 143 Å². The van der Waals surface area contributed by atoms with Gasteiger partial charge in [0.25, 0.3) is 0 Å². The average Bonchev–Trinajstić information content (AvgIpc) is 3.73. The number of fused-ring (bicyclic) bond motifs is 4. The van der Waals surface area contributed by atoms with Gasteiger partial charge >= 0.3 is 17.9 Å².